The van der Waals surface area contributed by atoms with Crippen LogP contribution < -0.4 is 0 Å². The summed E-state index contributed by atoms with van der Waals surface area (Å²) >= 11 is 16.5. The lowest BCUT2D eigenvalue weighted by atomic mass is 10.1. The Balaban J connectivity index is 2.52. The number of halogens is 5. The lowest BCUT2D eigenvalue weighted by molar-refractivity contribution is 0.554. The summed E-state index contributed by atoms with van der Waals surface area (Å²) in [6, 6.07) is 4.21. The second kappa shape index (κ2) is 5.45. The van der Waals surface area contributed by atoms with Crippen LogP contribution in [0.25, 0.3) is 0 Å². The van der Waals surface area contributed by atoms with E-state index in [1.807, 2.05) is 0 Å². The first-order valence-corrected chi connectivity index (χ1v) is 7.37. The highest BCUT2D eigenvalue weighted by Gasteiger charge is 2.23. The number of aryl methyl sites for hydroxylation is 1. The van der Waals surface area contributed by atoms with Crippen molar-refractivity contribution in [3.05, 3.63) is 54.6 Å². The predicted molar refractivity (Wildman–Crippen MR) is 75.8 cm³/mol. The van der Waals surface area contributed by atoms with E-state index in [0.29, 0.717) is 19.2 Å². The molecule has 0 N–H and O–H groups in total. The molecular weight excluding hydrogens is 365 g/mol. The minimum atomic E-state index is -0.890. The van der Waals surface area contributed by atoms with Crippen LogP contribution in [-0.4, -0.2) is 0 Å². The molecule has 1 aromatic heterocycles. The summed E-state index contributed by atoms with van der Waals surface area (Å²) in [6.45, 7) is 1.57. The molecule has 0 spiro atoms. The molecule has 0 amide bonds. The second-order valence-corrected chi connectivity index (χ2v) is 6.97. The van der Waals surface area contributed by atoms with Gasteiger partial charge in [-0.15, -0.1) is 22.9 Å². The van der Waals surface area contributed by atoms with Crippen molar-refractivity contribution in [1.29, 1.82) is 0 Å². The first kappa shape index (κ1) is 14.3. The molecule has 18 heavy (non-hydrogen) atoms. The van der Waals surface area contributed by atoms with Crippen LogP contribution in [0.5, 0.6) is 0 Å². The number of alkyl halides is 1. The number of rotatable bonds is 2. The van der Waals surface area contributed by atoms with Crippen molar-refractivity contribution < 1.29 is 8.78 Å². The normalized spacial score (nSPS) is 12.8. The quantitative estimate of drug-likeness (QED) is 0.561. The van der Waals surface area contributed by atoms with Gasteiger partial charge >= 0.3 is 0 Å². The van der Waals surface area contributed by atoms with E-state index in [2.05, 4.69) is 15.9 Å². The topological polar surface area (TPSA) is 0 Å². The molecule has 0 nitrogen and oxygen atoms in total. The largest absolute Gasteiger partial charge is 0.207 e. The Morgan fingerprint density at radius 2 is 2.00 bits per heavy atom. The zero-order chi connectivity index (χ0) is 13.4. The van der Waals surface area contributed by atoms with Gasteiger partial charge in [-0.2, -0.15) is 0 Å². The maximum atomic E-state index is 13.9. The van der Waals surface area contributed by atoms with E-state index in [1.54, 1.807) is 13.0 Å². The van der Waals surface area contributed by atoms with Crippen LogP contribution in [0.3, 0.4) is 0 Å². The van der Waals surface area contributed by atoms with Crippen molar-refractivity contribution in [2.45, 2.75) is 12.3 Å². The van der Waals surface area contributed by atoms with Gasteiger partial charge in [0, 0.05) is 10.4 Å². The summed E-state index contributed by atoms with van der Waals surface area (Å²) in [5.74, 6) is -1.27. The van der Waals surface area contributed by atoms with Crippen LogP contribution in [0.15, 0.2) is 22.0 Å². The minimum absolute atomic E-state index is 0.137. The highest BCUT2D eigenvalue weighted by Crippen LogP contribution is 2.41. The first-order chi connectivity index (χ1) is 8.41. The fourth-order valence-electron chi connectivity index (χ4n) is 1.54. The Morgan fingerprint density at radius 3 is 2.56 bits per heavy atom. The SMILES string of the molecule is Cc1ccc(F)c(C(Cl)c2cc(Cl)c(Br)s2)c1F. The predicted octanol–water partition coefficient (Wildman–Crippen LogP) is 6.08. The van der Waals surface area contributed by atoms with Gasteiger partial charge in [-0.3, -0.25) is 0 Å². The highest BCUT2D eigenvalue weighted by molar-refractivity contribution is 9.11. The summed E-state index contributed by atoms with van der Waals surface area (Å²) in [5, 5.41) is -0.409. The molecule has 1 heterocycles. The van der Waals surface area contributed by atoms with Crippen LogP contribution in [0.2, 0.25) is 5.02 Å². The third kappa shape index (κ3) is 2.57. The van der Waals surface area contributed by atoms with E-state index in [9.17, 15) is 8.78 Å². The fourth-order valence-corrected chi connectivity index (χ4v) is 3.67. The van der Waals surface area contributed by atoms with Crippen LogP contribution in [-0.2, 0) is 0 Å². The average Bonchev–Trinajstić information content (AvgIpc) is 2.65. The molecule has 1 unspecified atom stereocenters. The van der Waals surface area contributed by atoms with Gasteiger partial charge in [-0.25, -0.2) is 8.78 Å². The minimum Gasteiger partial charge on any atom is -0.207 e. The summed E-state index contributed by atoms with van der Waals surface area (Å²) in [4.78, 5) is 0.594. The van der Waals surface area contributed by atoms with Crippen molar-refractivity contribution in [2.75, 3.05) is 0 Å². The maximum Gasteiger partial charge on any atom is 0.134 e. The number of thiophene rings is 1. The third-order valence-electron chi connectivity index (χ3n) is 2.49. The standard InChI is InChI=1S/C12H7BrCl2F2S/c1-5-2-3-7(16)9(11(5)17)10(15)8-4-6(14)12(13)18-8/h2-4,10H,1H3. The first-order valence-electron chi connectivity index (χ1n) is 4.95. The molecule has 1 aromatic carbocycles. The maximum absolute atomic E-state index is 13.9. The van der Waals surface area contributed by atoms with E-state index >= 15 is 0 Å². The molecule has 0 bridgehead atoms. The Morgan fingerprint density at radius 1 is 1.33 bits per heavy atom. The van der Waals surface area contributed by atoms with E-state index in [4.69, 9.17) is 23.2 Å². The monoisotopic (exact) mass is 370 g/mol. The van der Waals surface area contributed by atoms with Gasteiger partial charge in [-0.05, 0) is 40.5 Å². The molecule has 2 aromatic rings. The average molecular weight is 372 g/mol. The van der Waals surface area contributed by atoms with Crippen LogP contribution in [0.4, 0.5) is 8.78 Å². The van der Waals surface area contributed by atoms with E-state index in [1.165, 1.54) is 23.5 Å². The summed E-state index contributed by atoms with van der Waals surface area (Å²) in [7, 11) is 0. The van der Waals surface area contributed by atoms with Gasteiger partial charge in [-0.1, -0.05) is 17.7 Å². The molecule has 1 atom stereocenters. The molecule has 0 fully saturated rings. The van der Waals surface area contributed by atoms with Gasteiger partial charge in [0.2, 0.25) is 0 Å². The molecule has 0 saturated carbocycles. The lowest BCUT2D eigenvalue weighted by Gasteiger charge is -2.11. The fraction of sp³-hybridized carbons (Fsp3) is 0.167. The summed E-state index contributed by atoms with van der Waals surface area (Å²) < 4.78 is 28.3. The van der Waals surface area contributed by atoms with Crippen LogP contribution in [0, 0.1) is 18.6 Å². The Hall–Kier alpha value is -0.160. The van der Waals surface area contributed by atoms with Crippen molar-refractivity contribution in [3.63, 3.8) is 0 Å². The Labute approximate surface area is 126 Å². The second-order valence-electron chi connectivity index (χ2n) is 3.72. The molecule has 0 aliphatic heterocycles. The van der Waals surface area contributed by atoms with Gasteiger partial charge in [0.25, 0.3) is 0 Å². The molecule has 0 aliphatic carbocycles. The van der Waals surface area contributed by atoms with Crippen molar-refractivity contribution in [2.24, 2.45) is 0 Å². The molecule has 0 radical (unpaired) electrons. The molecule has 2 rings (SSSR count). The zero-order valence-corrected chi connectivity index (χ0v) is 13.0. The van der Waals surface area contributed by atoms with Gasteiger partial charge in [0.1, 0.15) is 11.6 Å². The summed E-state index contributed by atoms with van der Waals surface area (Å²) in [6.07, 6.45) is 0. The zero-order valence-electron chi connectivity index (χ0n) is 9.11. The Kier molecular flexibility index (Phi) is 4.32. The van der Waals surface area contributed by atoms with E-state index < -0.39 is 17.0 Å². The lowest BCUT2D eigenvalue weighted by Crippen LogP contribution is -2.01. The molecule has 0 aliphatic rings. The highest BCUT2D eigenvalue weighted by atomic mass is 79.9. The van der Waals surface area contributed by atoms with Crippen molar-refractivity contribution >= 4 is 50.5 Å². The number of hydrogen-bond acceptors (Lipinski definition) is 1. The number of benzene rings is 1. The van der Waals surface area contributed by atoms with Crippen molar-refractivity contribution in [1.82, 2.24) is 0 Å². The Bertz CT molecular complexity index is 579. The smallest absolute Gasteiger partial charge is 0.134 e. The summed E-state index contributed by atoms with van der Waals surface area (Å²) in [5.41, 5.74) is 0.223. The van der Waals surface area contributed by atoms with E-state index in [-0.39, 0.29) is 5.56 Å². The van der Waals surface area contributed by atoms with Crippen molar-refractivity contribution in [3.8, 4) is 0 Å². The van der Waals surface area contributed by atoms with Gasteiger partial charge < -0.3 is 0 Å². The van der Waals surface area contributed by atoms with Gasteiger partial charge in [0.05, 0.1) is 14.2 Å². The van der Waals surface area contributed by atoms with Crippen LogP contribution >= 0.6 is 50.5 Å². The third-order valence-corrected chi connectivity index (χ3v) is 5.61. The molecular formula is C12H7BrCl2F2S. The molecule has 6 heteroatoms. The van der Waals surface area contributed by atoms with Gasteiger partial charge in [0.15, 0.2) is 0 Å². The molecule has 0 saturated heterocycles. The molecule has 96 valence electrons. The van der Waals surface area contributed by atoms with Crippen LogP contribution in [0.1, 0.15) is 21.4 Å². The number of hydrogen-bond donors (Lipinski definition) is 0. The van der Waals surface area contributed by atoms with E-state index in [0.717, 1.165) is 0 Å².